The fourth-order valence-electron chi connectivity index (χ4n) is 7.17. The molecule has 3 aromatic rings. The highest BCUT2D eigenvalue weighted by molar-refractivity contribution is 7.99. The minimum absolute atomic E-state index is 0.00205. The van der Waals surface area contributed by atoms with Crippen molar-refractivity contribution in [3.8, 4) is 0 Å². The number of amides is 4. The van der Waals surface area contributed by atoms with Crippen LogP contribution in [0.5, 0.6) is 0 Å². The van der Waals surface area contributed by atoms with Gasteiger partial charge in [0.25, 0.3) is 5.91 Å². The Hall–Kier alpha value is -4.12. The van der Waals surface area contributed by atoms with Gasteiger partial charge in [-0.1, -0.05) is 74.5 Å². The number of nitrogens with one attached hydrogen (secondary N) is 2. The molecule has 0 radical (unpaired) electrons. The molecule has 11 heteroatoms. The lowest BCUT2D eigenvalue weighted by Crippen LogP contribution is -2.66. The summed E-state index contributed by atoms with van der Waals surface area (Å²) < 4.78 is 1.10. The molecule has 3 heterocycles. The molecule has 1 saturated carbocycles. The first kappa shape index (κ1) is 33.8. The Morgan fingerprint density at radius 1 is 0.938 bits per heavy atom. The summed E-state index contributed by atoms with van der Waals surface area (Å²) in [5.74, 6) is -0.528. The summed E-state index contributed by atoms with van der Waals surface area (Å²) in [5.41, 5.74) is 2.06. The summed E-state index contributed by atoms with van der Waals surface area (Å²) in [6.45, 7) is 10.0. The average molecular weight is 671 g/mol. The van der Waals surface area contributed by atoms with E-state index in [0.29, 0.717) is 37.5 Å². The third kappa shape index (κ3) is 6.88. The second kappa shape index (κ2) is 13.1. The molecule has 2 aliphatic heterocycles. The molecule has 0 unspecified atom stereocenters. The number of carbonyl (C=O) groups is 4. The zero-order valence-electron chi connectivity index (χ0n) is 28.4. The van der Waals surface area contributed by atoms with Gasteiger partial charge >= 0.3 is 0 Å². The first-order chi connectivity index (χ1) is 22.8. The molecule has 10 nitrogen and oxygen atoms in total. The van der Waals surface area contributed by atoms with Crippen LogP contribution in [0.4, 0.5) is 0 Å². The summed E-state index contributed by atoms with van der Waals surface area (Å²) in [6.07, 6.45) is 4.18. The SMILES string of the molecule is CNC(=O)[C@@H](NC(=O)[C@@H]1CN(C(=O)c2cnn(Cc3ccccc3)c2)CC12CN(C(=O)[C@H]1CC1(C)C)C2)C(C)(C)SCc1ccccc1. The first-order valence-corrected chi connectivity index (χ1v) is 17.6. The third-order valence-electron chi connectivity index (χ3n) is 10.4. The van der Waals surface area contributed by atoms with Crippen LogP contribution in [-0.4, -0.2) is 87.2 Å². The van der Waals surface area contributed by atoms with Gasteiger partial charge in [-0.15, -0.1) is 11.8 Å². The van der Waals surface area contributed by atoms with Gasteiger partial charge in [-0.05, 0) is 36.8 Å². The van der Waals surface area contributed by atoms with Crippen molar-refractivity contribution in [1.82, 2.24) is 30.2 Å². The number of likely N-dealkylation sites (N-methyl/N-ethyl adjacent to an activating group) is 1. The van der Waals surface area contributed by atoms with Crippen LogP contribution in [0.2, 0.25) is 0 Å². The number of hydrogen-bond donors (Lipinski definition) is 2. The Balaban J connectivity index is 1.20. The summed E-state index contributed by atoms with van der Waals surface area (Å²) in [6, 6.07) is 19.1. The van der Waals surface area contributed by atoms with E-state index in [9.17, 15) is 19.2 Å². The summed E-state index contributed by atoms with van der Waals surface area (Å²) in [4.78, 5) is 58.3. The molecule has 3 fully saturated rings. The van der Waals surface area contributed by atoms with E-state index >= 15 is 0 Å². The van der Waals surface area contributed by atoms with E-state index in [2.05, 4.69) is 29.6 Å². The number of nitrogens with zero attached hydrogens (tertiary/aromatic N) is 4. The molecule has 3 atom stereocenters. The minimum Gasteiger partial charge on any atom is -0.357 e. The van der Waals surface area contributed by atoms with Crippen LogP contribution in [0.1, 0.15) is 55.6 Å². The van der Waals surface area contributed by atoms with Crippen molar-refractivity contribution >= 4 is 35.4 Å². The monoisotopic (exact) mass is 670 g/mol. The lowest BCUT2D eigenvalue weighted by Gasteiger charge is -2.51. The number of aromatic nitrogens is 2. The van der Waals surface area contributed by atoms with Crippen molar-refractivity contribution in [2.45, 2.75) is 57.2 Å². The molecule has 0 bridgehead atoms. The maximum absolute atomic E-state index is 14.3. The zero-order valence-corrected chi connectivity index (χ0v) is 29.3. The van der Waals surface area contributed by atoms with Crippen molar-refractivity contribution < 1.29 is 19.2 Å². The quantitative estimate of drug-likeness (QED) is 0.321. The molecule has 2 saturated heterocycles. The Kier molecular flexibility index (Phi) is 9.19. The predicted molar refractivity (Wildman–Crippen MR) is 186 cm³/mol. The normalized spacial score (nSPS) is 21.4. The fraction of sp³-hybridized carbons (Fsp3) is 0.486. The maximum Gasteiger partial charge on any atom is 0.257 e. The minimum atomic E-state index is -0.813. The molecule has 3 aliphatic rings. The highest BCUT2D eigenvalue weighted by atomic mass is 32.2. The summed E-state index contributed by atoms with van der Waals surface area (Å²) in [7, 11) is 1.57. The van der Waals surface area contributed by atoms with Crippen LogP contribution in [-0.2, 0) is 26.7 Å². The standard InChI is InChI=1S/C37H46N6O4S/c1-35(2)16-28(35)34(47)42-23-37(24-42)22-41(33(46)27-17-39-43(19-27)18-25-12-8-6-9-13-25)20-29(37)31(44)40-30(32(45)38-5)36(3,4)48-21-26-14-10-7-11-15-26/h6-15,17,19,28-30H,16,18,20-24H2,1-5H3,(H,38,45)(H,40,44)/t28-,29+,30-/m1/s1. The van der Waals surface area contributed by atoms with Crippen molar-refractivity contribution in [2.24, 2.45) is 22.7 Å². The van der Waals surface area contributed by atoms with E-state index in [1.807, 2.05) is 79.4 Å². The van der Waals surface area contributed by atoms with Crippen molar-refractivity contribution in [2.75, 3.05) is 33.2 Å². The van der Waals surface area contributed by atoms with Gasteiger partial charge in [0.1, 0.15) is 6.04 Å². The molecule has 48 heavy (non-hydrogen) atoms. The second-order valence-electron chi connectivity index (χ2n) is 14.9. The molecule has 254 valence electrons. The van der Waals surface area contributed by atoms with Gasteiger partial charge in [-0.2, -0.15) is 5.10 Å². The van der Waals surface area contributed by atoms with E-state index < -0.39 is 22.1 Å². The van der Waals surface area contributed by atoms with Crippen LogP contribution in [0, 0.1) is 22.7 Å². The van der Waals surface area contributed by atoms with E-state index in [1.165, 1.54) is 0 Å². The number of benzene rings is 2. The zero-order chi connectivity index (χ0) is 34.3. The molecule has 1 aliphatic carbocycles. The van der Waals surface area contributed by atoms with Crippen LogP contribution in [0.25, 0.3) is 0 Å². The largest absolute Gasteiger partial charge is 0.357 e. The maximum atomic E-state index is 14.3. The molecule has 1 spiro atoms. The Labute approximate surface area is 287 Å². The molecule has 1 aromatic heterocycles. The highest BCUT2D eigenvalue weighted by Crippen LogP contribution is 2.54. The summed E-state index contributed by atoms with van der Waals surface area (Å²) in [5, 5.41) is 10.3. The van der Waals surface area contributed by atoms with Crippen LogP contribution in [0.3, 0.4) is 0 Å². The topological polar surface area (TPSA) is 117 Å². The lowest BCUT2D eigenvalue weighted by atomic mass is 9.70. The van der Waals surface area contributed by atoms with Gasteiger partial charge in [-0.3, -0.25) is 23.9 Å². The number of carbonyl (C=O) groups excluding carboxylic acids is 4. The average Bonchev–Trinajstić information content (AvgIpc) is 3.37. The van der Waals surface area contributed by atoms with Crippen molar-refractivity contribution in [3.63, 3.8) is 0 Å². The number of likely N-dealkylation sites (tertiary alicyclic amines) is 2. The van der Waals surface area contributed by atoms with Crippen LogP contribution >= 0.6 is 11.8 Å². The van der Waals surface area contributed by atoms with Gasteiger partial charge in [0.05, 0.1) is 24.2 Å². The Morgan fingerprint density at radius 3 is 2.15 bits per heavy atom. The number of thioether (sulfide) groups is 1. The van der Waals surface area contributed by atoms with Gasteiger partial charge in [0.15, 0.2) is 0 Å². The Bertz CT molecular complexity index is 1670. The molecular formula is C37H46N6O4S. The second-order valence-corrected chi connectivity index (χ2v) is 16.5. The van der Waals surface area contributed by atoms with Crippen molar-refractivity contribution in [3.05, 3.63) is 89.7 Å². The first-order valence-electron chi connectivity index (χ1n) is 16.7. The smallest absolute Gasteiger partial charge is 0.257 e. The van der Waals surface area contributed by atoms with E-state index in [4.69, 9.17) is 0 Å². The fourth-order valence-corrected chi connectivity index (χ4v) is 8.23. The van der Waals surface area contributed by atoms with Gasteiger partial charge in [0, 0.05) is 61.3 Å². The van der Waals surface area contributed by atoms with Crippen LogP contribution in [0.15, 0.2) is 73.1 Å². The lowest BCUT2D eigenvalue weighted by molar-refractivity contribution is -0.152. The van der Waals surface area contributed by atoms with Gasteiger partial charge < -0.3 is 20.4 Å². The molecule has 4 amide bonds. The van der Waals surface area contributed by atoms with E-state index in [0.717, 1.165) is 17.5 Å². The molecular weight excluding hydrogens is 625 g/mol. The van der Waals surface area contributed by atoms with E-state index in [-0.39, 0.29) is 41.5 Å². The summed E-state index contributed by atoms with van der Waals surface area (Å²) >= 11 is 1.61. The predicted octanol–water partition coefficient (Wildman–Crippen LogP) is 3.82. The molecule has 6 rings (SSSR count). The molecule has 2 N–H and O–H groups in total. The molecule has 2 aromatic carbocycles. The number of rotatable bonds is 11. The highest BCUT2D eigenvalue weighted by Gasteiger charge is 2.62. The third-order valence-corrected chi connectivity index (χ3v) is 11.9. The van der Waals surface area contributed by atoms with Gasteiger partial charge in [0.2, 0.25) is 17.7 Å². The Morgan fingerprint density at radius 2 is 1.54 bits per heavy atom. The van der Waals surface area contributed by atoms with Crippen LogP contribution < -0.4 is 10.6 Å². The van der Waals surface area contributed by atoms with E-state index in [1.54, 1.807) is 40.8 Å². The number of hydrogen-bond acceptors (Lipinski definition) is 6. The van der Waals surface area contributed by atoms with Gasteiger partial charge in [-0.25, -0.2) is 0 Å². The van der Waals surface area contributed by atoms with Crippen molar-refractivity contribution in [1.29, 1.82) is 0 Å².